The average molecular weight is 567 g/mol. The number of halogens is 6. The van der Waals surface area contributed by atoms with Crippen LogP contribution >= 0.6 is 11.6 Å². The Kier molecular flexibility index (Phi) is 7.46. The smallest absolute Gasteiger partial charge is 0.491 e. The van der Waals surface area contributed by atoms with Gasteiger partial charge in [0.25, 0.3) is 6.01 Å². The highest BCUT2D eigenvalue weighted by Crippen LogP contribution is 2.31. The van der Waals surface area contributed by atoms with E-state index in [2.05, 4.69) is 25.0 Å². The van der Waals surface area contributed by atoms with E-state index in [0.717, 1.165) is 12.1 Å². The number of aliphatic hydroxyl groups is 1. The number of nitrogens with one attached hydrogen (secondary N) is 2. The Balaban J connectivity index is 1.22. The molecule has 38 heavy (non-hydrogen) atoms. The number of fused-ring (bicyclic) bond motifs is 2. The first-order chi connectivity index (χ1) is 18.1. The fraction of sp³-hybridized carbons (Fsp3) is 0.455. The Bertz CT molecular complexity index is 1290. The van der Waals surface area contributed by atoms with Crippen molar-refractivity contribution in [3.05, 3.63) is 40.4 Å². The van der Waals surface area contributed by atoms with Gasteiger partial charge in [-0.2, -0.15) is 4.98 Å². The molecule has 4 heterocycles. The molecule has 0 radical (unpaired) electrons. The van der Waals surface area contributed by atoms with Gasteiger partial charge in [0.2, 0.25) is 0 Å². The monoisotopic (exact) mass is 566 g/mol. The van der Waals surface area contributed by atoms with Crippen LogP contribution in [-0.2, 0) is 20.8 Å². The van der Waals surface area contributed by atoms with E-state index < -0.39 is 55.6 Å². The third-order valence-corrected chi connectivity index (χ3v) is 6.10. The van der Waals surface area contributed by atoms with Gasteiger partial charge in [0.15, 0.2) is 11.8 Å². The van der Waals surface area contributed by atoms with Crippen molar-refractivity contribution in [3.63, 3.8) is 0 Å². The Hall–Kier alpha value is -2.98. The van der Waals surface area contributed by atoms with Crippen LogP contribution in [0.1, 0.15) is 5.56 Å². The lowest BCUT2D eigenvalue weighted by Crippen LogP contribution is -2.34. The zero-order valence-electron chi connectivity index (χ0n) is 19.2. The number of pyridine rings is 1. The number of H-pyrrole nitrogens is 1. The number of hydrogen-bond donors (Lipinski definition) is 3. The van der Waals surface area contributed by atoms with Gasteiger partial charge in [-0.05, 0) is 6.07 Å². The van der Waals surface area contributed by atoms with Gasteiger partial charge in [0.1, 0.15) is 48.1 Å². The van der Waals surface area contributed by atoms with Crippen LogP contribution in [0.25, 0.3) is 11.2 Å². The summed E-state index contributed by atoms with van der Waals surface area (Å²) < 4.78 is 90.3. The number of anilines is 1. The van der Waals surface area contributed by atoms with Crippen LogP contribution in [0, 0.1) is 11.6 Å². The molecule has 0 saturated carbocycles. The molecular weight excluding hydrogens is 547 g/mol. The summed E-state index contributed by atoms with van der Waals surface area (Å²) in [6.45, 7) is -1.41. The first kappa shape index (κ1) is 26.6. The van der Waals surface area contributed by atoms with E-state index in [0.29, 0.717) is 5.52 Å². The summed E-state index contributed by atoms with van der Waals surface area (Å²) in [6, 6.07) is 3.30. The molecule has 0 amide bonds. The van der Waals surface area contributed by atoms with Gasteiger partial charge in [-0.1, -0.05) is 11.6 Å². The van der Waals surface area contributed by atoms with E-state index in [-0.39, 0.29) is 53.6 Å². The predicted molar refractivity (Wildman–Crippen MR) is 120 cm³/mol. The highest BCUT2D eigenvalue weighted by Gasteiger charge is 2.48. The van der Waals surface area contributed by atoms with E-state index >= 15 is 0 Å². The van der Waals surface area contributed by atoms with E-state index in [4.69, 9.17) is 30.5 Å². The highest BCUT2D eigenvalue weighted by atomic mass is 35.5. The summed E-state index contributed by atoms with van der Waals surface area (Å²) in [5.41, 5.74) is 0.273. The number of benzene rings is 1. The zero-order chi connectivity index (χ0) is 27.0. The minimum atomic E-state index is -4.83. The Morgan fingerprint density at radius 2 is 1.82 bits per heavy atom. The first-order valence-electron chi connectivity index (χ1n) is 11.3. The van der Waals surface area contributed by atoms with Gasteiger partial charge in [0.05, 0.1) is 30.4 Å². The molecule has 2 aliphatic rings. The van der Waals surface area contributed by atoms with Crippen molar-refractivity contribution in [1.82, 2.24) is 15.0 Å². The van der Waals surface area contributed by atoms with Crippen LogP contribution < -0.4 is 14.8 Å². The van der Waals surface area contributed by atoms with Crippen molar-refractivity contribution in [3.8, 4) is 11.8 Å². The summed E-state index contributed by atoms with van der Waals surface area (Å²) in [4.78, 5) is 11.4. The molecule has 0 unspecified atom stereocenters. The van der Waals surface area contributed by atoms with Crippen LogP contribution in [0.4, 0.5) is 27.8 Å². The number of aromatic nitrogens is 3. The molecule has 2 fully saturated rings. The normalized spacial score (nSPS) is 23.1. The molecule has 0 aliphatic carbocycles. The molecule has 2 aliphatic heterocycles. The standard InChI is InChI=1S/C22H20ClF5N4O6/c23-11-5-14-20(32-21(30-14)38-16-8-36-17-15(33)7-35-18(16)17)31-19(11)29-6-10-12(24)3-9(4-13(10)25)34-1-2-37-22(26,27)28/h3-5,15-18,33H,1-2,6-8H2,(H2,29,30,31,32)/t15-,16-,17-,18-/m1/s1. The summed E-state index contributed by atoms with van der Waals surface area (Å²) in [6.07, 6.45) is -6.98. The third-order valence-electron chi connectivity index (χ3n) is 5.81. The number of ether oxygens (including phenoxy) is 5. The Morgan fingerprint density at radius 1 is 1.08 bits per heavy atom. The van der Waals surface area contributed by atoms with Crippen molar-refractivity contribution >= 4 is 28.6 Å². The molecule has 2 saturated heterocycles. The van der Waals surface area contributed by atoms with Gasteiger partial charge >= 0.3 is 6.36 Å². The molecule has 10 nitrogen and oxygen atoms in total. The molecule has 3 N–H and O–H groups in total. The summed E-state index contributed by atoms with van der Waals surface area (Å²) in [5.74, 6) is -2.19. The van der Waals surface area contributed by atoms with Crippen LogP contribution in [0.3, 0.4) is 0 Å². The van der Waals surface area contributed by atoms with E-state index in [1.54, 1.807) is 0 Å². The van der Waals surface area contributed by atoms with Gasteiger partial charge < -0.3 is 34.4 Å². The van der Waals surface area contributed by atoms with Crippen LogP contribution in [0.2, 0.25) is 5.02 Å². The lowest BCUT2D eigenvalue weighted by atomic mass is 10.1. The molecule has 0 bridgehead atoms. The van der Waals surface area contributed by atoms with Crippen molar-refractivity contribution in [2.75, 3.05) is 31.7 Å². The lowest BCUT2D eigenvalue weighted by molar-refractivity contribution is -0.325. The summed E-state index contributed by atoms with van der Waals surface area (Å²) in [7, 11) is 0. The summed E-state index contributed by atoms with van der Waals surface area (Å²) >= 11 is 6.27. The number of aliphatic hydroxyl groups excluding tert-OH is 1. The largest absolute Gasteiger partial charge is 0.522 e. The zero-order valence-corrected chi connectivity index (χ0v) is 20.0. The molecule has 5 rings (SSSR count). The van der Waals surface area contributed by atoms with Gasteiger partial charge in [0, 0.05) is 24.2 Å². The number of aromatic amines is 1. The molecular formula is C22H20ClF5N4O6. The van der Waals surface area contributed by atoms with Crippen molar-refractivity contribution < 1.29 is 50.7 Å². The number of rotatable bonds is 9. The van der Waals surface area contributed by atoms with Gasteiger partial charge in [-0.3, -0.25) is 4.74 Å². The molecule has 2 aromatic heterocycles. The summed E-state index contributed by atoms with van der Waals surface area (Å²) in [5, 5.41) is 12.7. The predicted octanol–water partition coefficient (Wildman–Crippen LogP) is 3.32. The van der Waals surface area contributed by atoms with Crippen molar-refractivity contribution in [2.45, 2.75) is 37.3 Å². The second kappa shape index (κ2) is 10.6. The van der Waals surface area contributed by atoms with Crippen LogP contribution in [0.15, 0.2) is 18.2 Å². The fourth-order valence-electron chi connectivity index (χ4n) is 4.08. The molecule has 0 spiro atoms. The SMILES string of the molecule is O[C@@H]1CO[C@H]2[C@@H]1OC[C@H]2Oc1nc2nc(NCc3c(F)cc(OCCOC(F)(F)F)cc3F)c(Cl)cc2[nH]1. The minimum Gasteiger partial charge on any atom is -0.491 e. The van der Waals surface area contributed by atoms with Gasteiger partial charge in [-0.15, -0.1) is 13.2 Å². The maximum absolute atomic E-state index is 14.5. The maximum Gasteiger partial charge on any atom is 0.522 e. The second-order valence-electron chi connectivity index (χ2n) is 8.41. The van der Waals surface area contributed by atoms with Gasteiger partial charge in [-0.25, -0.2) is 13.8 Å². The third kappa shape index (κ3) is 5.86. The van der Waals surface area contributed by atoms with Crippen LogP contribution in [0.5, 0.6) is 11.8 Å². The second-order valence-corrected chi connectivity index (χ2v) is 8.82. The van der Waals surface area contributed by atoms with E-state index in [1.807, 2.05) is 0 Å². The molecule has 206 valence electrons. The number of hydrogen-bond acceptors (Lipinski definition) is 9. The Labute approximate surface area is 215 Å². The topological polar surface area (TPSA) is 120 Å². The highest BCUT2D eigenvalue weighted by molar-refractivity contribution is 6.33. The molecule has 4 atom stereocenters. The average Bonchev–Trinajstić information content (AvgIpc) is 3.52. The Morgan fingerprint density at radius 3 is 2.55 bits per heavy atom. The minimum absolute atomic E-state index is 0.0900. The maximum atomic E-state index is 14.5. The van der Waals surface area contributed by atoms with Crippen LogP contribution in [-0.4, -0.2) is 77.3 Å². The molecule has 1 aromatic carbocycles. The first-order valence-corrected chi connectivity index (χ1v) is 11.6. The lowest BCUT2D eigenvalue weighted by Gasteiger charge is -2.15. The van der Waals surface area contributed by atoms with E-state index in [1.165, 1.54) is 6.07 Å². The number of imidazole rings is 1. The number of nitrogens with zero attached hydrogens (tertiary/aromatic N) is 2. The van der Waals surface area contributed by atoms with Crippen molar-refractivity contribution in [2.24, 2.45) is 0 Å². The number of alkyl halides is 3. The quantitative estimate of drug-likeness (QED) is 0.265. The van der Waals surface area contributed by atoms with Crippen molar-refractivity contribution in [1.29, 1.82) is 0 Å². The van der Waals surface area contributed by atoms with E-state index in [9.17, 15) is 27.1 Å². The molecule has 16 heteroatoms. The fourth-order valence-corrected chi connectivity index (χ4v) is 4.30. The molecule has 3 aromatic rings.